The summed E-state index contributed by atoms with van der Waals surface area (Å²) in [6, 6.07) is 21.2. The lowest BCUT2D eigenvalue weighted by Crippen LogP contribution is -2.00. The number of hydrogen-bond donors (Lipinski definition) is 1. The number of anilines is 1. The van der Waals surface area contributed by atoms with E-state index in [9.17, 15) is 0 Å². The molecule has 0 spiro atoms. The Hall–Kier alpha value is -2.35. The topological polar surface area (TPSA) is 24.9 Å². The highest BCUT2D eigenvalue weighted by atomic mass is 14.9. The van der Waals surface area contributed by atoms with Gasteiger partial charge in [0.15, 0.2) is 0 Å². The Bertz CT molecular complexity index is 642. The number of para-hydroxylation sites is 1. The molecule has 3 rings (SSSR count). The first-order valence-electron chi connectivity index (χ1n) is 5.96. The molecule has 2 aromatic carbocycles. The van der Waals surface area contributed by atoms with Gasteiger partial charge in [0, 0.05) is 23.8 Å². The van der Waals surface area contributed by atoms with E-state index in [1.165, 1.54) is 10.9 Å². The molecule has 0 unspecified atom stereocenters. The summed E-state index contributed by atoms with van der Waals surface area (Å²) in [6.45, 7) is 0.776. The maximum atomic E-state index is 4.45. The molecule has 2 heteroatoms. The van der Waals surface area contributed by atoms with Gasteiger partial charge in [-0.3, -0.25) is 4.98 Å². The molecule has 0 aliphatic rings. The van der Waals surface area contributed by atoms with Crippen molar-refractivity contribution in [2.24, 2.45) is 0 Å². The molecule has 0 fully saturated rings. The van der Waals surface area contributed by atoms with Gasteiger partial charge in [0.05, 0.1) is 5.52 Å². The zero-order chi connectivity index (χ0) is 12.2. The third-order valence-corrected chi connectivity index (χ3v) is 2.92. The van der Waals surface area contributed by atoms with E-state index in [-0.39, 0.29) is 0 Å². The first kappa shape index (κ1) is 10.8. The summed E-state index contributed by atoms with van der Waals surface area (Å²) in [7, 11) is 0. The van der Waals surface area contributed by atoms with Gasteiger partial charge in [-0.25, -0.2) is 0 Å². The minimum absolute atomic E-state index is 0.776. The minimum atomic E-state index is 0.776. The van der Waals surface area contributed by atoms with E-state index < -0.39 is 0 Å². The number of rotatable bonds is 3. The number of nitrogens with one attached hydrogen (secondary N) is 1. The van der Waals surface area contributed by atoms with Crippen LogP contribution in [-0.4, -0.2) is 4.98 Å². The third-order valence-electron chi connectivity index (χ3n) is 2.92. The van der Waals surface area contributed by atoms with Crippen molar-refractivity contribution in [3.8, 4) is 0 Å². The molecule has 0 saturated heterocycles. The van der Waals surface area contributed by atoms with Crippen LogP contribution in [0.4, 0.5) is 5.69 Å². The zero-order valence-electron chi connectivity index (χ0n) is 9.93. The number of hydrogen-bond acceptors (Lipinski definition) is 2. The summed E-state index contributed by atoms with van der Waals surface area (Å²) in [4.78, 5) is 4.45. The Kier molecular flexibility index (Phi) is 2.92. The van der Waals surface area contributed by atoms with Crippen LogP contribution in [0.5, 0.6) is 0 Å². The average Bonchev–Trinajstić information content (AvgIpc) is 2.46. The standard InChI is InChI=1S/C16H13N2/c1-2-9-15(10-3-1)18-12-14-7-4-6-13-8-5-11-17-16(13)14/h2-11,18H,12H2. The maximum absolute atomic E-state index is 4.45. The van der Waals surface area contributed by atoms with E-state index in [2.05, 4.69) is 40.6 Å². The van der Waals surface area contributed by atoms with E-state index in [1.807, 2.05) is 36.5 Å². The molecule has 1 heterocycles. The third kappa shape index (κ3) is 2.18. The summed E-state index contributed by atoms with van der Waals surface area (Å²) < 4.78 is 0. The molecular formula is C16H13N2. The van der Waals surface area contributed by atoms with Crippen LogP contribution in [0.1, 0.15) is 5.56 Å². The largest absolute Gasteiger partial charge is 0.381 e. The van der Waals surface area contributed by atoms with Gasteiger partial charge >= 0.3 is 0 Å². The van der Waals surface area contributed by atoms with Gasteiger partial charge in [0.25, 0.3) is 0 Å². The molecule has 0 aliphatic carbocycles. The molecule has 1 N–H and O–H groups in total. The molecular weight excluding hydrogens is 220 g/mol. The fourth-order valence-corrected chi connectivity index (χ4v) is 2.01. The fourth-order valence-electron chi connectivity index (χ4n) is 2.01. The zero-order valence-corrected chi connectivity index (χ0v) is 9.93. The molecule has 0 bridgehead atoms. The Balaban J connectivity index is 1.87. The van der Waals surface area contributed by atoms with Crippen molar-refractivity contribution >= 4 is 16.6 Å². The molecule has 0 atom stereocenters. The number of nitrogens with zero attached hydrogens (tertiary/aromatic N) is 1. The minimum Gasteiger partial charge on any atom is -0.381 e. The smallest absolute Gasteiger partial charge is 0.0751 e. The van der Waals surface area contributed by atoms with Gasteiger partial charge in [-0.2, -0.15) is 0 Å². The second-order valence-electron chi connectivity index (χ2n) is 4.13. The normalized spacial score (nSPS) is 10.4. The van der Waals surface area contributed by atoms with E-state index in [0.717, 1.165) is 17.7 Å². The fraction of sp³-hybridized carbons (Fsp3) is 0.0625. The Morgan fingerprint density at radius 1 is 1.00 bits per heavy atom. The van der Waals surface area contributed by atoms with E-state index in [1.54, 1.807) is 0 Å². The van der Waals surface area contributed by atoms with Crippen LogP contribution in [0, 0.1) is 6.07 Å². The quantitative estimate of drug-likeness (QED) is 0.747. The van der Waals surface area contributed by atoms with Crippen LogP contribution in [0.15, 0.2) is 60.8 Å². The van der Waals surface area contributed by atoms with E-state index in [0.29, 0.717) is 0 Å². The van der Waals surface area contributed by atoms with Crippen molar-refractivity contribution in [3.63, 3.8) is 0 Å². The molecule has 0 saturated carbocycles. The summed E-state index contributed by atoms with van der Waals surface area (Å²) in [5.74, 6) is 0. The van der Waals surface area contributed by atoms with Gasteiger partial charge < -0.3 is 5.32 Å². The van der Waals surface area contributed by atoms with Crippen molar-refractivity contribution in [3.05, 3.63) is 72.4 Å². The number of aromatic nitrogens is 1. The van der Waals surface area contributed by atoms with Gasteiger partial charge in [0.2, 0.25) is 0 Å². The summed E-state index contributed by atoms with van der Waals surface area (Å²) >= 11 is 0. The molecule has 18 heavy (non-hydrogen) atoms. The Morgan fingerprint density at radius 2 is 1.83 bits per heavy atom. The van der Waals surface area contributed by atoms with Crippen molar-refractivity contribution in [1.82, 2.24) is 4.98 Å². The molecule has 3 aromatic rings. The highest BCUT2D eigenvalue weighted by Crippen LogP contribution is 2.17. The van der Waals surface area contributed by atoms with Gasteiger partial charge in [-0.05, 0) is 29.8 Å². The number of benzene rings is 2. The van der Waals surface area contributed by atoms with E-state index in [4.69, 9.17) is 0 Å². The lowest BCUT2D eigenvalue weighted by molar-refractivity contribution is 1.15. The molecule has 0 amide bonds. The van der Waals surface area contributed by atoms with Gasteiger partial charge in [-0.1, -0.05) is 36.4 Å². The SMILES string of the molecule is [c]1ccc(NCc2cccc3cccnc23)cc1. The van der Waals surface area contributed by atoms with E-state index >= 15 is 0 Å². The van der Waals surface area contributed by atoms with Crippen LogP contribution < -0.4 is 5.32 Å². The van der Waals surface area contributed by atoms with Gasteiger partial charge in [0.1, 0.15) is 0 Å². The second-order valence-corrected chi connectivity index (χ2v) is 4.13. The predicted molar refractivity (Wildman–Crippen MR) is 74.3 cm³/mol. The summed E-state index contributed by atoms with van der Waals surface area (Å²) in [6.07, 6.45) is 1.84. The Morgan fingerprint density at radius 3 is 2.72 bits per heavy atom. The molecule has 87 valence electrons. The maximum Gasteiger partial charge on any atom is 0.0751 e. The second kappa shape index (κ2) is 4.88. The lowest BCUT2D eigenvalue weighted by Gasteiger charge is -2.08. The molecule has 0 aliphatic heterocycles. The number of pyridine rings is 1. The first-order valence-corrected chi connectivity index (χ1v) is 5.96. The summed E-state index contributed by atoms with van der Waals surface area (Å²) in [5.41, 5.74) is 3.37. The summed E-state index contributed by atoms with van der Waals surface area (Å²) in [5, 5.41) is 4.57. The highest BCUT2D eigenvalue weighted by Gasteiger charge is 2.01. The van der Waals surface area contributed by atoms with Crippen LogP contribution in [-0.2, 0) is 6.54 Å². The monoisotopic (exact) mass is 233 g/mol. The van der Waals surface area contributed by atoms with Crippen molar-refractivity contribution in [2.75, 3.05) is 5.32 Å². The van der Waals surface area contributed by atoms with Crippen molar-refractivity contribution in [1.29, 1.82) is 0 Å². The van der Waals surface area contributed by atoms with Crippen LogP contribution in [0.3, 0.4) is 0 Å². The van der Waals surface area contributed by atoms with Crippen molar-refractivity contribution in [2.45, 2.75) is 6.54 Å². The predicted octanol–water partition coefficient (Wildman–Crippen LogP) is 3.65. The van der Waals surface area contributed by atoms with Crippen LogP contribution in [0.2, 0.25) is 0 Å². The van der Waals surface area contributed by atoms with Crippen LogP contribution >= 0.6 is 0 Å². The molecule has 1 radical (unpaired) electrons. The average molecular weight is 233 g/mol. The van der Waals surface area contributed by atoms with Crippen molar-refractivity contribution < 1.29 is 0 Å². The van der Waals surface area contributed by atoms with Gasteiger partial charge in [-0.15, -0.1) is 0 Å². The molecule has 2 nitrogen and oxygen atoms in total. The number of fused-ring (bicyclic) bond motifs is 1. The lowest BCUT2D eigenvalue weighted by atomic mass is 10.1. The first-order chi connectivity index (χ1) is 8.93. The Labute approximate surface area is 106 Å². The highest BCUT2D eigenvalue weighted by molar-refractivity contribution is 5.81. The molecule has 1 aromatic heterocycles. The van der Waals surface area contributed by atoms with Crippen LogP contribution in [0.25, 0.3) is 10.9 Å².